The van der Waals surface area contributed by atoms with Crippen molar-refractivity contribution in [2.75, 3.05) is 13.2 Å². The Balaban J connectivity index is 2.29. The van der Waals surface area contributed by atoms with Gasteiger partial charge in [0, 0.05) is 23.8 Å². The number of carbonyl (C=O) groups is 5. The van der Waals surface area contributed by atoms with E-state index in [9.17, 15) is 24.0 Å². The highest BCUT2D eigenvalue weighted by Crippen LogP contribution is 2.23. The van der Waals surface area contributed by atoms with Gasteiger partial charge in [-0.2, -0.15) is 12.6 Å². The van der Waals surface area contributed by atoms with Crippen molar-refractivity contribution in [3.63, 3.8) is 0 Å². The minimum atomic E-state index is -1.13. The van der Waals surface area contributed by atoms with Gasteiger partial charge in [0.25, 0.3) is 0 Å². The monoisotopic (exact) mass is 592 g/mol. The van der Waals surface area contributed by atoms with Gasteiger partial charge < -0.3 is 30.7 Å². The molecule has 0 aliphatic carbocycles. The van der Waals surface area contributed by atoms with Crippen LogP contribution in [-0.4, -0.2) is 65.9 Å². The highest BCUT2D eigenvalue weighted by Gasteiger charge is 2.35. The van der Waals surface area contributed by atoms with E-state index in [1.165, 1.54) is 0 Å². The number of benzene rings is 1. The molecule has 0 unspecified atom stereocenters. The number of alkyl carbamates (subject to hydrolysis) is 1. The molecule has 11 nitrogen and oxygen atoms in total. The zero-order valence-corrected chi connectivity index (χ0v) is 25.6. The molecule has 1 aromatic rings. The van der Waals surface area contributed by atoms with Crippen LogP contribution < -0.4 is 21.3 Å². The summed E-state index contributed by atoms with van der Waals surface area (Å²) in [5, 5.41) is 10.4. The summed E-state index contributed by atoms with van der Waals surface area (Å²) in [7, 11) is 0. The second-order valence-electron chi connectivity index (χ2n) is 11.4. The van der Waals surface area contributed by atoms with E-state index in [4.69, 9.17) is 9.47 Å². The van der Waals surface area contributed by atoms with Crippen LogP contribution in [0.25, 0.3) is 0 Å². The predicted octanol–water partition coefficient (Wildman–Crippen LogP) is 2.66. The Morgan fingerprint density at radius 3 is 2.24 bits per heavy atom. The first-order valence-corrected chi connectivity index (χ1v) is 14.5. The van der Waals surface area contributed by atoms with Gasteiger partial charge in [-0.3, -0.25) is 19.2 Å². The highest BCUT2D eigenvalue weighted by atomic mass is 32.1. The van der Waals surface area contributed by atoms with Crippen molar-refractivity contribution in [2.24, 2.45) is 11.8 Å². The summed E-state index contributed by atoms with van der Waals surface area (Å²) in [5.41, 5.74) is -0.246. The van der Waals surface area contributed by atoms with Crippen molar-refractivity contribution in [1.82, 2.24) is 21.3 Å². The molecule has 1 aliphatic heterocycles. The van der Waals surface area contributed by atoms with Gasteiger partial charge in [-0.15, -0.1) is 0 Å². The maximum atomic E-state index is 13.8. The third kappa shape index (κ3) is 11.3. The van der Waals surface area contributed by atoms with E-state index >= 15 is 0 Å². The van der Waals surface area contributed by atoms with Crippen molar-refractivity contribution in [3.8, 4) is 0 Å². The van der Waals surface area contributed by atoms with Crippen LogP contribution >= 0.6 is 12.6 Å². The van der Waals surface area contributed by atoms with Gasteiger partial charge in [-0.1, -0.05) is 44.2 Å². The van der Waals surface area contributed by atoms with Gasteiger partial charge in [0.15, 0.2) is 0 Å². The number of hydrogen-bond acceptors (Lipinski definition) is 8. The maximum Gasteiger partial charge on any atom is 0.408 e. The minimum Gasteiger partial charge on any atom is -0.466 e. The number of amides is 4. The van der Waals surface area contributed by atoms with Crippen LogP contribution in [0.15, 0.2) is 30.3 Å². The lowest BCUT2D eigenvalue weighted by Gasteiger charge is -2.30. The molecule has 0 spiro atoms. The van der Waals surface area contributed by atoms with Crippen molar-refractivity contribution < 1.29 is 33.4 Å². The maximum absolute atomic E-state index is 13.8. The molecular weight excluding hydrogens is 548 g/mol. The number of carbonyl (C=O) groups excluding carboxylic acids is 5. The smallest absolute Gasteiger partial charge is 0.408 e. The summed E-state index contributed by atoms with van der Waals surface area (Å²) in [4.78, 5) is 64.2. The molecule has 4 amide bonds. The third-order valence-corrected chi connectivity index (χ3v) is 7.02. The van der Waals surface area contributed by atoms with Gasteiger partial charge in [0.05, 0.1) is 13.0 Å². The summed E-state index contributed by atoms with van der Waals surface area (Å²) >= 11 is 4.59. The highest BCUT2D eigenvalue weighted by molar-refractivity contribution is 7.81. The van der Waals surface area contributed by atoms with Crippen molar-refractivity contribution in [1.29, 1.82) is 0 Å². The summed E-state index contributed by atoms with van der Waals surface area (Å²) in [5.74, 6) is -2.39. The zero-order chi connectivity index (χ0) is 30.7. The molecule has 1 saturated heterocycles. The lowest BCUT2D eigenvalue weighted by atomic mass is 9.94. The number of rotatable bonds is 13. The standard InChI is InChI=1S/C29H44N4O7S/c1-7-39-22(34)16-21(41)20(15-19-13-14-30-25(19)35)31-27(37)24(18-11-9-8-10-12-18)32-26(36)23(17(2)3)33-28(38)40-29(4,5)6/h8-12,17,19-21,23-24,41H,7,13-16H2,1-6H3,(H,30,35)(H,31,37)(H,32,36)(H,33,38)/t19-,20-,21-,23-,24-/m0/s1. The Kier molecular flexibility index (Phi) is 12.9. The van der Waals surface area contributed by atoms with Crippen LogP contribution in [0, 0.1) is 11.8 Å². The number of thiol groups is 1. The Labute approximate surface area is 247 Å². The molecule has 1 heterocycles. The average molecular weight is 593 g/mol. The second-order valence-corrected chi connectivity index (χ2v) is 12.1. The SMILES string of the molecule is CCOC(=O)C[C@H](S)[C@H](C[C@@H]1CCNC1=O)NC(=O)[C@@H](NC(=O)[C@@H](NC(=O)OC(C)(C)C)C(C)C)c1ccccc1. The number of esters is 1. The first kappa shape index (κ1) is 33.9. The fourth-order valence-electron chi connectivity index (χ4n) is 4.43. The molecule has 4 N–H and O–H groups in total. The van der Waals surface area contributed by atoms with E-state index in [-0.39, 0.29) is 37.2 Å². The Bertz CT molecular complexity index is 1060. The summed E-state index contributed by atoms with van der Waals surface area (Å²) < 4.78 is 10.4. The van der Waals surface area contributed by atoms with E-state index in [0.29, 0.717) is 18.5 Å². The average Bonchev–Trinajstić information content (AvgIpc) is 3.28. The topological polar surface area (TPSA) is 152 Å². The molecule has 0 saturated carbocycles. The van der Waals surface area contributed by atoms with Gasteiger partial charge in [-0.25, -0.2) is 4.79 Å². The summed E-state index contributed by atoms with van der Waals surface area (Å²) in [6, 6.07) is 5.88. The van der Waals surface area contributed by atoms with Crippen LogP contribution in [0.1, 0.15) is 72.4 Å². The van der Waals surface area contributed by atoms with E-state index in [1.54, 1.807) is 71.9 Å². The predicted molar refractivity (Wildman–Crippen MR) is 157 cm³/mol. The van der Waals surface area contributed by atoms with E-state index < -0.39 is 52.9 Å². The first-order valence-electron chi connectivity index (χ1n) is 14.0. The summed E-state index contributed by atoms with van der Waals surface area (Å²) in [6.45, 7) is 11.1. The van der Waals surface area contributed by atoms with Gasteiger partial charge in [0.1, 0.15) is 17.7 Å². The normalized spacial score (nSPS) is 18.0. The fourth-order valence-corrected chi connectivity index (χ4v) is 4.78. The molecule has 41 heavy (non-hydrogen) atoms. The number of nitrogens with one attached hydrogen (secondary N) is 4. The Morgan fingerprint density at radius 2 is 1.71 bits per heavy atom. The molecule has 0 bridgehead atoms. The van der Waals surface area contributed by atoms with Crippen LogP contribution in [0.4, 0.5) is 4.79 Å². The van der Waals surface area contributed by atoms with Gasteiger partial charge in [0.2, 0.25) is 17.7 Å². The molecular formula is C29H44N4O7S. The molecule has 228 valence electrons. The van der Waals surface area contributed by atoms with Crippen molar-refractivity contribution in [3.05, 3.63) is 35.9 Å². The molecule has 1 aromatic carbocycles. The Morgan fingerprint density at radius 1 is 1.05 bits per heavy atom. The first-order chi connectivity index (χ1) is 19.2. The molecule has 0 radical (unpaired) electrons. The van der Waals surface area contributed by atoms with E-state index in [0.717, 1.165) is 0 Å². The molecule has 1 fully saturated rings. The molecule has 2 rings (SSSR count). The molecule has 5 atom stereocenters. The van der Waals surface area contributed by atoms with Crippen molar-refractivity contribution in [2.45, 2.75) is 89.8 Å². The van der Waals surface area contributed by atoms with E-state index in [1.807, 2.05) is 0 Å². The lowest BCUT2D eigenvalue weighted by Crippen LogP contribution is -2.54. The third-order valence-electron chi connectivity index (χ3n) is 6.48. The fraction of sp³-hybridized carbons (Fsp3) is 0.621. The van der Waals surface area contributed by atoms with Crippen LogP contribution in [-0.2, 0) is 28.7 Å². The zero-order valence-electron chi connectivity index (χ0n) is 24.7. The molecule has 12 heteroatoms. The number of hydrogen-bond donors (Lipinski definition) is 5. The second kappa shape index (κ2) is 15.6. The quantitative estimate of drug-likeness (QED) is 0.174. The number of ether oxygens (including phenoxy) is 2. The Hall–Kier alpha value is -3.28. The van der Waals surface area contributed by atoms with Crippen LogP contribution in [0.5, 0.6) is 0 Å². The van der Waals surface area contributed by atoms with Crippen LogP contribution in [0.3, 0.4) is 0 Å². The van der Waals surface area contributed by atoms with E-state index in [2.05, 4.69) is 33.9 Å². The molecule has 0 aromatic heterocycles. The van der Waals surface area contributed by atoms with Gasteiger partial charge >= 0.3 is 12.1 Å². The molecule has 1 aliphatic rings. The van der Waals surface area contributed by atoms with Gasteiger partial charge in [-0.05, 0) is 52.0 Å². The lowest BCUT2D eigenvalue weighted by molar-refractivity contribution is -0.143. The summed E-state index contributed by atoms with van der Waals surface area (Å²) in [6.07, 6.45) is 0.0263. The van der Waals surface area contributed by atoms with Crippen LogP contribution in [0.2, 0.25) is 0 Å². The van der Waals surface area contributed by atoms with Crippen molar-refractivity contribution >= 4 is 42.4 Å². The largest absolute Gasteiger partial charge is 0.466 e. The minimum absolute atomic E-state index is 0.0756.